The van der Waals surface area contributed by atoms with Gasteiger partial charge in [0.05, 0.1) is 16.7 Å². The van der Waals surface area contributed by atoms with Crippen molar-refractivity contribution < 1.29 is 23.1 Å². The molecule has 0 radical (unpaired) electrons. The van der Waals surface area contributed by atoms with E-state index < -0.39 is 27.8 Å². The first kappa shape index (κ1) is 20.8. The fourth-order valence-corrected chi connectivity index (χ4v) is 5.57. The lowest BCUT2D eigenvalue weighted by Crippen LogP contribution is -2.53. The molecule has 1 amide bonds. The van der Waals surface area contributed by atoms with Crippen molar-refractivity contribution in [3.05, 3.63) is 29.8 Å². The Labute approximate surface area is 166 Å². The molecule has 7 nitrogen and oxygen atoms in total. The van der Waals surface area contributed by atoms with Gasteiger partial charge in [-0.15, -0.1) is 0 Å². The van der Waals surface area contributed by atoms with Crippen molar-refractivity contribution in [2.24, 2.45) is 11.8 Å². The van der Waals surface area contributed by atoms with E-state index in [4.69, 9.17) is 0 Å². The summed E-state index contributed by atoms with van der Waals surface area (Å²) in [5, 5.41) is 9.41. The van der Waals surface area contributed by atoms with Gasteiger partial charge in [0.2, 0.25) is 15.9 Å². The summed E-state index contributed by atoms with van der Waals surface area (Å²) in [5.41, 5.74) is 1.08. The van der Waals surface area contributed by atoms with Crippen molar-refractivity contribution in [3.8, 4) is 0 Å². The zero-order chi connectivity index (χ0) is 20.3. The molecular formula is C20H28N2O5S. The van der Waals surface area contributed by atoms with E-state index in [1.54, 1.807) is 17.0 Å². The molecule has 8 heteroatoms. The number of rotatable bonds is 5. The molecule has 1 saturated carbocycles. The summed E-state index contributed by atoms with van der Waals surface area (Å²) in [5.74, 6) is -2.16. The van der Waals surface area contributed by atoms with Gasteiger partial charge >= 0.3 is 5.97 Å². The molecule has 0 aromatic heterocycles. The highest BCUT2D eigenvalue weighted by Gasteiger charge is 2.39. The number of hydrogen-bond acceptors (Lipinski definition) is 4. The Bertz CT molecular complexity index is 814. The van der Waals surface area contributed by atoms with Crippen LogP contribution in [0.4, 0.5) is 0 Å². The lowest BCUT2D eigenvalue weighted by Gasteiger charge is -2.38. The maximum atomic E-state index is 12.9. The summed E-state index contributed by atoms with van der Waals surface area (Å²) in [6, 6.07) is 6.90. The average Bonchev–Trinajstić information content (AvgIpc) is 2.73. The molecule has 2 atom stereocenters. The maximum Gasteiger partial charge on any atom is 0.307 e. The summed E-state index contributed by atoms with van der Waals surface area (Å²) in [6.07, 6.45) is 3.68. The highest BCUT2D eigenvalue weighted by molar-refractivity contribution is 7.89. The van der Waals surface area contributed by atoms with E-state index in [9.17, 15) is 23.1 Å². The highest BCUT2D eigenvalue weighted by atomic mass is 32.2. The molecule has 1 aromatic rings. The second-order valence-electron chi connectivity index (χ2n) is 7.56. The molecule has 154 valence electrons. The second kappa shape index (κ2) is 8.61. The number of carboxylic acid groups (broad SMARTS) is 1. The van der Waals surface area contributed by atoms with E-state index >= 15 is 0 Å². The number of benzene rings is 1. The van der Waals surface area contributed by atoms with Crippen LogP contribution >= 0.6 is 0 Å². The van der Waals surface area contributed by atoms with E-state index in [0.717, 1.165) is 24.8 Å². The quantitative estimate of drug-likeness (QED) is 0.804. The zero-order valence-electron chi connectivity index (χ0n) is 16.2. The van der Waals surface area contributed by atoms with Gasteiger partial charge in [0.25, 0.3) is 0 Å². The number of hydrogen-bond donors (Lipinski definition) is 1. The van der Waals surface area contributed by atoms with Crippen LogP contribution in [0, 0.1) is 11.8 Å². The molecule has 2 fully saturated rings. The van der Waals surface area contributed by atoms with Crippen molar-refractivity contribution >= 4 is 21.9 Å². The largest absolute Gasteiger partial charge is 0.481 e. The minimum absolute atomic E-state index is 0.142. The van der Waals surface area contributed by atoms with Crippen LogP contribution in [0.3, 0.4) is 0 Å². The molecule has 1 aromatic carbocycles. The molecule has 28 heavy (non-hydrogen) atoms. The van der Waals surface area contributed by atoms with Crippen LogP contribution in [0.1, 0.15) is 38.2 Å². The smallest absolute Gasteiger partial charge is 0.307 e. The molecular weight excluding hydrogens is 380 g/mol. The predicted octanol–water partition coefficient (Wildman–Crippen LogP) is 1.97. The highest BCUT2D eigenvalue weighted by Crippen LogP contribution is 2.32. The number of amides is 1. The van der Waals surface area contributed by atoms with Crippen LogP contribution < -0.4 is 0 Å². The van der Waals surface area contributed by atoms with Crippen molar-refractivity contribution in [2.75, 3.05) is 26.2 Å². The minimum atomic E-state index is -3.58. The molecule has 0 unspecified atom stereocenters. The standard InChI is InChI=1S/C20H28N2O5S/c1-2-15-7-9-16(10-8-15)28(26,27)22-13-11-21(12-14-22)19(23)17-5-3-4-6-18(17)20(24)25/h7-10,17-18H,2-6,11-14H2,1H3,(H,24,25)/t17-,18+/m0/s1. The first-order valence-corrected chi connectivity index (χ1v) is 11.4. The molecule has 1 N–H and O–H groups in total. The fraction of sp³-hybridized carbons (Fsp3) is 0.600. The average molecular weight is 409 g/mol. The van der Waals surface area contributed by atoms with Crippen LogP contribution in [0.25, 0.3) is 0 Å². The van der Waals surface area contributed by atoms with Crippen molar-refractivity contribution in [1.29, 1.82) is 0 Å². The second-order valence-corrected chi connectivity index (χ2v) is 9.50. The van der Waals surface area contributed by atoms with Gasteiger partial charge in [-0.1, -0.05) is 31.9 Å². The predicted molar refractivity (Wildman–Crippen MR) is 104 cm³/mol. The molecule has 1 aliphatic carbocycles. The summed E-state index contributed by atoms with van der Waals surface area (Å²) in [6.45, 7) is 3.07. The van der Waals surface area contributed by atoms with Crippen LogP contribution in [-0.4, -0.2) is 60.8 Å². The lowest BCUT2D eigenvalue weighted by atomic mass is 9.78. The molecule has 0 spiro atoms. The fourth-order valence-electron chi connectivity index (χ4n) is 4.15. The van der Waals surface area contributed by atoms with Gasteiger partial charge in [0, 0.05) is 26.2 Å². The third kappa shape index (κ3) is 4.22. The molecule has 0 bridgehead atoms. The van der Waals surface area contributed by atoms with E-state index in [-0.39, 0.29) is 23.9 Å². The Kier molecular flexibility index (Phi) is 6.40. The Morgan fingerprint density at radius 3 is 2.11 bits per heavy atom. The monoisotopic (exact) mass is 408 g/mol. The molecule has 2 aliphatic rings. The SMILES string of the molecule is CCc1ccc(S(=O)(=O)N2CCN(C(=O)[C@H]3CCCC[C@H]3C(=O)O)CC2)cc1. The first-order chi connectivity index (χ1) is 13.3. The number of carboxylic acids is 1. The number of aliphatic carboxylic acids is 1. The molecule has 1 aliphatic heterocycles. The Morgan fingerprint density at radius 2 is 1.57 bits per heavy atom. The van der Waals surface area contributed by atoms with Gasteiger partial charge in [-0.25, -0.2) is 8.42 Å². The number of carbonyl (C=O) groups is 2. The summed E-state index contributed by atoms with van der Waals surface area (Å²) in [7, 11) is -3.58. The van der Waals surface area contributed by atoms with Crippen LogP contribution in [-0.2, 0) is 26.0 Å². The van der Waals surface area contributed by atoms with Gasteiger partial charge in [-0.3, -0.25) is 9.59 Å². The summed E-state index contributed by atoms with van der Waals surface area (Å²) < 4.78 is 27.1. The van der Waals surface area contributed by atoms with Crippen LogP contribution in [0.5, 0.6) is 0 Å². The Balaban J connectivity index is 1.64. The zero-order valence-corrected chi connectivity index (χ0v) is 17.0. The third-order valence-electron chi connectivity index (χ3n) is 5.92. The molecule has 3 rings (SSSR count). The van der Waals surface area contributed by atoms with Crippen LogP contribution in [0.2, 0.25) is 0 Å². The van der Waals surface area contributed by atoms with Gasteiger partial charge in [0.1, 0.15) is 0 Å². The van der Waals surface area contributed by atoms with Gasteiger partial charge in [-0.2, -0.15) is 4.31 Å². The van der Waals surface area contributed by atoms with Gasteiger partial charge in [0.15, 0.2) is 0 Å². The molecule has 1 saturated heterocycles. The minimum Gasteiger partial charge on any atom is -0.481 e. The summed E-state index contributed by atoms with van der Waals surface area (Å²) >= 11 is 0. The first-order valence-electron chi connectivity index (χ1n) is 9.95. The van der Waals surface area contributed by atoms with Crippen molar-refractivity contribution in [1.82, 2.24) is 9.21 Å². The third-order valence-corrected chi connectivity index (χ3v) is 7.83. The number of nitrogens with zero attached hydrogens (tertiary/aromatic N) is 2. The number of carbonyl (C=O) groups excluding carboxylic acids is 1. The normalized spacial score (nSPS) is 24.1. The van der Waals surface area contributed by atoms with E-state index in [0.29, 0.717) is 25.9 Å². The topological polar surface area (TPSA) is 95.0 Å². The number of sulfonamides is 1. The van der Waals surface area contributed by atoms with Crippen molar-refractivity contribution in [2.45, 2.75) is 43.9 Å². The van der Waals surface area contributed by atoms with E-state index in [1.165, 1.54) is 4.31 Å². The number of aryl methyl sites for hydroxylation is 1. The molecule has 1 heterocycles. The van der Waals surface area contributed by atoms with Crippen LogP contribution in [0.15, 0.2) is 29.2 Å². The summed E-state index contributed by atoms with van der Waals surface area (Å²) in [4.78, 5) is 26.2. The van der Waals surface area contributed by atoms with Crippen molar-refractivity contribution in [3.63, 3.8) is 0 Å². The maximum absolute atomic E-state index is 12.9. The van der Waals surface area contributed by atoms with E-state index in [1.807, 2.05) is 19.1 Å². The number of piperazine rings is 1. The Morgan fingerprint density at radius 1 is 1.00 bits per heavy atom. The Hall–Kier alpha value is -1.93. The van der Waals surface area contributed by atoms with Gasteiger partial charge in [-0.05, 0) is 37.0 Å². The lowest BCUT2D eigenvalue weighted by molar-refractivity contribution is -0.152. The van der Waals surface area contributed by atoms with Gasteiger partial charge < -0.3 is 10.0 Å². The van der Waals surface area contributed by atoms with E-state index in [2.05, 4.69) is 0 Å².